The summed E-state index contributed by atoms with van der Waals surface area (Å²) >= 11 is 0. The Balaban J connectivity index is 0.000000207. The molecule has 0 spiro atoms. The number of carboxylic acid groups (broad SMARTS) is 2. The molecule has 510 valence electrons. The number of carbonyl (C=O) groups excluding carboxylic acids is 2. The van der Waals surface area contributed by atoms with E-state index in [4.69, 9.17) is 95.9 Å². The van der Waals surface area contributed by atoms with Crippen LogP contribution in [0.3, 0.4) is 0 Å². The molecule has 4 N–H and O–H groups in total. The number of carboxylic acids is 2. The molecule has 4 aliphatic heterocycles. The van der Waals surface area contributed by atoms with Gasteiger partial charge in [-0.2, -0.15) is 5.10 Å². The fourth-order valence-electron chi connectivity index (χ4n) is 12.5. The van der Waals surface area contributed by atoms with E-state index in [0.29, 0.717) is 109 Å². The fourth-order valence-corrected chi connectivity index (χ4v) is 12.5. The van der Waals surface area contributed by atoms with Crippen molar-refractivity contribution < 1.29 is 110 Å². The van der Waals surface area contributed by atoms with Crippen molar-refractivity contribution in [2.24, 2.45) is 33.9 Å². The number of oxime groups is 1. The lowest BCUT2D eigenvalue weighted by Crippen LogP contribution is -2.46. The smallest absolute Gasteiger partial charge is 0.305 e. The van der Waals surface area contributed by atoms with E-state index in [1.807, 2.05) is 77.8 Å². The van der Waals surface area contributed by atoms with Gasteiger partial charge in [0.25, 0.3) is 0 Å². The number of nitrogens with one attached hydrogen (secondary N) is 2. The summed E-state index contributed by atoms with van der Waals surface area (Å²) in [6.07, 6.45) is -0.147. The van der Waals surface area contributed by atoms with Crippen LogP contribution in [0.4, 0.5) is 5.69 Å². The Morgan fingerprint density at radius 2 is 0.905 bits per heavy atom. The van der Waals surface area contributed by atoms with Crippen molar-refractivity contribution in [3.63, 3.8) is 0 Å². The molecule has 0 radical (unpaired) electrons. The number of benzene rings is 5. The van der Waals surface area contributed by atoms with Gasteiger partial charge in [0.05, 0.1) is 170 Å². The molecular weight excluding hydrogens is 1240 g/mol. The molecule has 0 fully saturated rings. The van der Waals surface area contributed by atoms with Gasteiger partial charge >= 0.3 is 11.9 Å². The van der Waals surface area contributed by atoms with E-state index in [2.05, 4.69) is 15.8 Å². The lowest BCUT2D eigenvalue weighted by molar-refractivity contribution is -0.139. The average Bonchev–Trinajstić information content (AvgIpc) is 1.68. The Morgan fingerprint density at radius 3 is 1.34 bits per heavy atom. The van der Waals surface area contributed by atoms with Gasteiger partial charge in [-0.1, -0.05) is 5.16 Å². The number of anilines is 1. The summed E-state index contributed by atoms with van der Waals surface area (Å²) in [7, 11) is 10.9. The lowest BCUT2D eigenvalue weighted by atomic mass is 9.65. The Hall–Kier alpha value is -9.48. The summed E-state index contributed by atoms with van der Waals surface area (Å²) in [6, 6.07) is 22.8. The second-order valence-corrected chi connectivity index (χ2v) is 22.2. The molecule has 0 bridgehead atoms. The minimum atomic E-state index is -0.946. The minimum Gasteiger partial charge on any atom is -0.497 e. The van der Waals surface area contributed by atoms with Crippen LogP contribution in [0, 0.1) is 23.7 Å². The zero-order chi connectivity index (χ0) is 67.0. The van der Waals surface area contributed by atoms with Crippen LogP contribution in [0.25, 0.3) is 0 Å². The van der Waals surface area contributed by atoms with Crippen molar-refractivity contribution in [2.45, 2.75) is 24.7 Å². The molecule has 5 aromatic carbocycles. The highest BCUT2D eigenvalue weighted by Crippen LogP contribution is 2.54. The van der Waals surface area contributed by atoms with Gasteiger partial charge in [-0.25, -0.2) is 0 Å². The first-order chi connectivity index (χ1) is 46.3. The first kappa shape index (κ1) is 68.4. The van der Waals surface area contributed by atoms with Crippen LogP contribution in [0.15, 0.2) is 83.1 Å². The molecule has 2 aliphatic carbocycles. The number of carbonyl (C=O) groups is 4. The van der Waals surface area contributed by atoms with Gasteiger partial charge < -0.3 is 101 Å². The molecule has 11 rings (SSSR count). The molecule has 0 saturated heterocycles. The van der Waals surface area contributed by atoms with E-state index in [-0.39, 0.29) is 96.2 Å². The predicted octanol–water partition coefficient (Wildman–Crippen LogP) is 5.87. The maximum atomic E-state index is 14.4. The summed E-state index contributed by atoms with van der Waals surface area (Å²) in [5, 5.41) is 34.9. The van der Waals surface area contributed by atoms with E-state index in [1.165, 1.54) is 0 Å². The van der Waals surface area contributed by atoms with Crippen molar-refractivity contribution >= 4 is 40.9 Å². The van der Waals surface area contributed by atoms with Crippen LogP contribution in [0.5, 0.6) is 63.2 Å². The van der Waals surface area contributed by atoms with Gasteiger partial charge in [-0.05, 0) is 95.1 Å². The van der Waals surface area contributed by atoms with Crippen LogP contribution in [-0.4, -0.2) is 201 Å². The van der Waals surface area contributed by atoms with Crippen molar-refractivity contribution in [3.05, 3.63) is 106 Å². The molecule has 2 amide bonds. The fraction of sp³-hybridized carbons (Fsp3) is 0.463. The molecule has 6 aliphatic rings. The maximum absolute atomic E-state index is 14.4. The summed E-state index contributed by atoms with van der Waals surface area (Å²) in [5.74, 6) is 0.837. The zero-order valence-corrected chi connectivity index (χ0v) is 53.9. The van der Waals surface area contributed by atoms with E-state index in [0.717, 1.165) is 50.5 Å². The highest BCUT2D eigenvalue weighted by molar-refractivity contribution is 6.11. The van der Waals surface area contributed by atoms with E-state index >= 15 is 0 Å². The van der Waals surface area contributed by atoms with Crippen molar-refractivity contribution in [3.8, 4) is 63.2 Å². The standard InChI is InChI=1S/C34H37N3O10.C33H42N2O13/c1-41-21-7-5-20(6-8-21)37-17-24-31(34(40)35-10-12-45-11-9-29(38)39)30(19-13-27(42-2)33(44-4)28(14-19)43-3)22-15-25-26(47-18-46-25)16-23(22)32(24)36-37;1-39-26-14-20(15-27(40-2)32(26)41-3)29-21-16-24-25(47-19-46-24)17-22(21)31-23(18-48-35-31)30(29)33(38)34-5-7-43-9-11-45-13-12-44-10-8-42-6-4-28(36)37/h5-8,13-16,24,30-31H,9-12,17-18H2,1-4H3,(H,35,40)(H,38,39);14-17,23,29-30H,4-13,18-19H2,1-3H3,(H,34,38)(H,36,37)/t24-,30+,31-;23?,29-,30+/m01/s1. The molecule has 0 saturated carbocycles. The minimum absolute atomic E-state index is 0.0316. The molecule has 5 aromatic rings. The second kappa shape index (κ2) is 32.6. The van der Waals surface area contributed by atoms with Crippen LogP contribution >= 0.6 is 0 Å². The summed E-state index contributed by atoms with van der Waals surface area (Å²) in [4.78, 5) is 55.3. The third-order valence-corrected chi connectivity index (χ3v) is 16.8. The van der Waals surface area contributed by atoms with Gasteiger partial charge in [-0.15, -0.1) is 0 Å². The monoisotopic (exact) mass is 1320 g/mol. The van der Waals surface area contributed by atoms with Crippen LogP contribution < -0.4 is 67.7 Å². The van der Waals surface area contributed by atoms with Gasteiger partial charge in [-0.3, -0.25) is 24.2 Å². The van der Waals surface area contributed by atoms with E-state index in [1.54, 1.807) is 49.8 Å². The summed E-state index contributed by atoms with van der Waals surface area (Å²) in [5.41, 5.74) is 7.25. The number of fused-ring (bicyclic) bond motifs is 8. The van der Waals surface area contributed by atoms with Crippen LogP contribution in [0.2, 0.25) is 0 Å². The van der Waals surface area contributed by atoms with Gasteiger partial charge in [0.15, 0.2) is 46.0 Å². The molecule has 28 heteroatoms. The number of hydrogen-bond acceptors (Lipinski definition) is 24. The molecular formula is C67H79N5O23. The Bertz CT molecular complexity index is 3530. The summed E-state index contributed by atoms with van der Waals surface area (Å²) in [6.45, 7) is 4.20. The van der Waals surface area contributed by atoms with Crippen LogP contribution in [-0.2, 0) is 47.7 Å². The van der Waals surface area contributed by atoms with Gasteiger partial charge in [0.2, 0.25) is 36.9 Å². The van der Waals surface area contributed by atoms with Crippen LogP contribution in [0.1, 0.15) is 58.1 Å². The number of rotatable bonds is 33. The Kier molecular flexibility index (Phi) is 23.5. The number of methoxy groups -OCH3 is 7. The Labute approximate surface area is 548 Å². The third-order valence-electron chi connectivity index (χ3n) is 16.8. The van der Waals surface area contributed by atoms with Crippen molar-refractivity contribution in [2.75, 3.05) is 161 Å². The first-order valence-corrected chi connectivity index (χ1v) is 30.9. The largest absolute Gasteiger partial charge is 0.497 e. The SMILES string of the molecule is COc1cc([C@@H]2c3cc4c(cc3C3=NOCC3[C@@H]2C(=O)NCCOCCOCCOCCOCCC(=O)O)OCO4)cc(OC)c1OC.COc1ccc(N2C[C@@H]3C(=N2)c2cc4c(cc2[C@@H](c2cc(OC)c(OC)c(OC)c2)[C@H]3C(=O)NCCOCCC(=O)O)OCO4)cc1. The van der Waals surface area contributed by atoms with E-state index < -0.39 is 35.6 Å². The molecule has 4 heterocycles. The lowest BCUT2D eigenvalue weighted by Gasteiger charge is -2.38. The number of nitrogens with zero attached hydrogens (tertiary/aromatic N) is 3. The predicted molar refractivity (Wildman–Crippen MR) is 339 cm³/mol. The zero-order valence-electron chi connectivity index (χ0n) is 53.9. The van der Waals surface area contributed by atoms with Crippen molar-refractivity contribution in [1.82, 2.24) is 10.6 Å². The second-order valence-electron chi connectivity index (χ2n) is 22.2. The first-order valence-electron chi connectivity index (χ1n) is 30.9. The average molecular weight is 1320 g/mol. The number of hydrogen-bond donors (Lipinski definition) is 4. The third kappa shape index (κ3) is 15.7. The number of amides is 2. The molecule has 6 atom stereocenters. The van der Waals surface area contributed by atoms with Crippen molar-refractivity contribution in [1.29, 1.82) is 0 Å². The highest BCUT2D eigenvalue weighted by atomic mass is 16.7. The quantitative estimate of drug-likeness (QED) is 0.0357. The highest BCUT2D eigenvalue weighted by Gasteiger charge is 2.51. The number of ether oxygens (including phenoxy) is 16. The molecule has 0 aromatic heterocycles. The maximum Gasteiger partial charge on any atom is 0.305 e. The molecule has 1 unspecified atom stereocenters. The Morgan fingerprint density at radius 1 is 0.495 bits per heavy atom. The summed E-state index contributed by atoms with van der Waals surface area (Å²) < 4.78 is 89.4. The van der Waals surface area contributed by atoms with Gasteiger partial charge in [0.1, 0.15) is 12.4 Å². The normalized spacial score (nSPS) is 18.8. The van der Waals surface area contributed by atoms with E-state index in [9.17, 15) is 19.2 Å². The van der Waals surface area contributed by atoms with Gasteiger partial charge in [0, 0.05) is 42.0 Å². The molecule has 95 heavy (non-hydrogen) atoms. The molecule has 28 nitrogen and oxygen atoms in total. The number of hydrazone groups is 1. The number of aliphatic carboxylic acids is 2. The topological polar surface area (TPSA) is 318 Å².